The van der Waals surface area contributed by atoms with Crippen LogP contribution in [0.25, 0.3) is 22.9 Å². The lowest BCUT2D eigenvalue weighted by atomic mass is 10.0. The monoisotopic (exact) mass is 294 g/mol. The minimum absolute atomic E-state index is 0.795. The lowest BCUT2D eigenvalue weighted by Gasteiger charge is -2.06. The van der Waals surface area contributed by atoms with Gasteiger partial charge in [-0.1, -0.05) is 31.5 Å². The van der Waals surface area contributed by atoms with Gasteiger partial charge in [0.25, 0.3) is 0 Å². The third-order valence-electron chi connectivity index (χ3n) is 4.04. The van der Waals surface area contributed by atoms with Gasteiger partial charge in [0.2, 0.25) is 0 Å². The molecule has 1 aromatic carbocycles. The second kappa shape index (κ2) is 5.84. The summed E-state index contributed by atoms with van der Waals surface area (Å²) in [6.45, 7) is 8.46. The second-order valence-corrected chi connectivity index (χ2v) is 5.84. The van der Waals surface area contributed by atoms with Crippen molar-refractivity contribution >= 4 is 0 Å². The van der Waals surface area contributed by atoms with E-state index in [9.17, 15) is 0 Å². The topological polar surface area (TPSA) is 41.8 Å². The van der Waals surface area contributed by atoms with E-state index in [4.69, 9.17) is 4.42 Å². The van der Waals surface area contributed by atoms with Crippen LogP contribution in [0.15, 0.2) is 34.7 Å². The van der Waals surface area contributed by atoms with Crippen molar-refractivity contribution in [3.8, 4) is 22.9 Å². The van der Waals surface area contributed by atoms with Crippen molar-refractivity contribution in [1.82, 2.24) is 9.97 Å². The molecule has 0 fully saturated rings. The number of aromatic amines is 1. The highest BCUT2D eigenvalue weighted by atomic mass is 16.3. The normalized spacial score (nSPS) is 11.1. The van der Waals surface area contributed by atoms with E-state index in [1.165, 1.54) is 16.7 Å². The zero-order valence-corrected chi connectivity index (χ0v) is 13.7. The van der Waals surface area contributed by atoms with E-state index in [-0.39, 0.29) is 0 Å². The summed E-state index contributed by atoms with van der Waals surface area (Å²) in [7, 11) is 0. The third kappa shape index (κ3) is 2.59. The smallest absolute Gasteiger partial charge is 0.174 e. The molecule has 3 aromatic rings. The van der Waals surface area contributed by atoms with Crippen LogP contribution in [-0.2, 0) is 6.42 Å². The van der Waals surface area contributed by atoms with Gasteiger partial charge < -0.3 is 9.40 Å². The minimum Gasteiger partial charge on any atom is -0.453 e. The maximum absolute atomic E-state index is 6.07. The van der Waals surface area contributed by atoms with Gasteiger partial charge in [-0.2, -0.15) is 0 Å². The van der Waals surface area contributed by atoms with E-state index in [0.717, 1.165) is 41.6 Å². The maximum Gasteiger partial charge on any atom is 0.174 e. The summed E-state index contributed by atoms with van der Waals surface area (Å²) in [5.74, 6) is 2.51. The number of rotatable bonds is 4. The van der Waals surface area contributed by atoms with Crippen LogP contribution in [-0.4, -0.2) is 9.97 Å². The summed E-state index contributed by atoms with van der Waals surface area (Å²) in [6.07, 6.45) is 2.09. The molecule has 3 rings (SSSR count). The Bertz CT molecular complexity index is 775. The van der Waals surface area contributed by atoms with Crippen molar-refractivity contribution in [2.24, 2.45) is 0 Å². The minimum atomic E-state index is 0.795. The summed E-state index contributed by atoms with van der Waals surface area (Å²) < 4.78 is 6.07. The van der Waals surface area contributed by atoms with Gasteiger partial charge in [-0.05, 0) is 50.5 Å². The Morgan fingerprint density at radius 1 is 1.00 bits per heavy atom. The number of H-pyrrole nitrogens is 1. The van der Waals surface area contributed by atoms with Crippen molar-refractivity contribution in [2.75, 3.05) is 0 Å². The molecule has 0 atom stereocenters. The maximum atomic E-state index is 6.07. The third-order valence-corrected chi connectivity index (χ3v) is 4.04. The van der Waals surface area contributed by atoms with Crippen LogP contribution in [0.5, 0.6) is 0 Å². The first-order valence-electron chi connectivity index (χ1n) is 7.82. The Balaban J connectivity index is 1.99. The second-order valence-electron chi connectivity index (χ2n) is 5.84. The van der Waals surface area contributed by atoms with E-state index in [0.29, 0.717) is 0 Å². The molecule has 0 bridgehead atoms. The molecule has 0 saturated carbocycles. The Kier molecular flexibility index (Phi) is 3.88. The van der Waals surface area contributed by atoms with Gasteiger partial charge in [0, 0.05) is 11.3 Å². The number of imidazole rings is 1. The number of nitrogens with zero attached hydrogens (tertiary/aromatic N) is 1. The molecule has 1 N–H and O–H groups in total. The van der Waals surface area contributed by atoms with Crippen molar-refractivity contribution < 1.29 is 4.42 Å². The van der Waals surface area contributed by atoms with Gasteiger partial charge >= 0.3 is 0 Å². The molecule has 0 spiro atoms. The number of aryl methyl sites for hydroxylation is 4. The molecule has 0 aliphatic heterocycles. The number of benzene rings is 1. The average Bonchev–Trinajstić information content (AvgIpc) is 3.07. The van der Waals surface area contributed by atoms with E-state index >= 15 is 0 Å². The number of furan rings is 1. The van der Waals surface area contributed by atoms with Gasteiger partial charge in [-0.15, -0.1) is 0 Å². The van der Waals surface area contributed by atoms with Gasteiger partial charge in [0.15, 0.2) is 11.6 Å². The van der Waals surface area contributed by atoms with Gasteiger partial charge in [0.05, 0.1) is 5.69 Å². The summed E-state index contributed by atoms with van der Waals surface area (Å²) >= 11 is 0. The van der Waals surface area contributed by atoms with Gasteiger partial charge in [-0.3, -0.25) is 0 Å². The highest BCUT2D eigenvalue weighted by molar-refractivity contribution is 5.68. The first-order valence-corrected chi connectivity index (χ1v) is 7.82. The Hall–Kier alpha value is -2.29. The zero-order chi connectivity index (χ0) is 15.7. The fourth-order valence-corrected chi connectivity index (χ4v) is 2.90. The predicted octanol–water partition coefficient (Wildman–Crippen LogP) is 5.21. The van der Waals surface area contributed by atoms with Crippen LogP contribution in [0.4, 0.5) is 0 Å². The highest BCUT2D eigenvalue weighted by Crippen LogP contribution is 2.31. The summed E-state index contributed by atoms with van der Waals surface area (Å²) in [5, 5.41) is 0. The number of aromatic nitrogens is 2. The molecule has 2 heterocycles. The van der Waals surface area contributed by atoms with E-state index in [1.54, 1.807) is 0 Å². The molecule has 22 heavy (non-hydrogen) atoms. The van der Waals surface area contributed by atoms with Crippen molar-refractivity contribution in [3.63, 3.8) is 0 Å². The fourth-order valence-electron chi connectivity index (χ4n) is 2.90. The quantitative estimate of drug-likeness (QED) is 0.717. The van der Waals surface area contributed by atoms with Crippen LogP contribution in [0.3, 0.4) is 0 Å². The Morgan fingerprint density at radius 3 is 2.36 bits per heavy atom. The molecule has 0 radical (unpaired) electrons. The highest BCUT2D eigenvalue weighted by Gasteiger charge is 2.14. The largest absolute Gasteiger partial charge is 0.453 e. The number of hydrogen-bond acceptors (Lipinski definition) is 2. The van der Waals surface area contributed by atoms with Crippen molar-refractivity contribution in [3.05, 3.63) is 52.8 Å². The molecule has 3 heteroatoms. The van der Waals surface area contributed by atoms with Crippen molar-refractivity contribution in [2.45, 2.75) is 40.5 Å². The molecule has 114 valence electrons. The predicted molar refractivity (Wildman–Crippen MR) is 89.9 cm³/mol. The van der Waals surface area contributed by atoms with Crippen LogP contribution in [0, 0.1) is 20.8 Å². The van der Waals surface area contributed by atoms with Crippen LogP contribution in [0.1, 0.15) is 35.9 Å². The summed E-state index contributed by atoms with van der Waals surface area (Å²) in [4.78, 5) is 8.01. The molecule has 0 aliphatic rings. The number of nitrogens with one attached hydrogen (secondary N) is 1. The SMILES string of the molecule is CCCc1nc(-c2ccc(-c3c(C)cccc3C)o2)[nH]c1C. The standard InChI is InChI=1S/C19H22N2O/c1-5-7-15-14(4)20-19(21-15)17-11-10-16(22-17)18-12(2)8-6-9-13(18)3/h6,8-11H,5,7H2,1-4H3,(H,20,21). The molecule has 2 aromatic heterocycles. The molecule has 0 saturated heterocycles. The summed E-state index contributed by atoms with van der Waals surface area (Å²) in [6, 6.07) is 10.3. The van der Waals surface area contributed by atoms with Gasteiger partial charge in [-0.25, -0.2) is 4.98 Å². The first-order chi connectivity index (χ1) is 10.6. The van der Waals surface area contributed by atoms with E-state index < -0.39 is 0 Å². The van der Waals surface area contributed by atoms with Crippen molar-refractivity contribution in [1.29, 1.82) is 0 Å². The fraction of sp³-hybridized carbons (Fsp3) is 0.316. The molecule has 0 amide bonds. The molecule has 0 unspecified atom stereocenters. The molecule has 3 nitrogen and oxygen atoms in total. The molecular weight excluding hydrogens is 272 g/mol. The molecular formula is C19H22N2O. The average molecular weight is 294 g/mol. The zero-order valence-electron chi connectivity index (χ0n) is 13.7. The Labute approximate surface area is 131 Å². The van der Waals surface area contributed by atoms with E-state index in [2.05, 4.69) is 55.9 Å². The molecule has 0 aliphatic carbocycles. The van der Waals surface area contributed by atoms with Crippen LogP contribution in [0.2, 0.25) is 0 Å². The van der Waals surface area contributed by atoms with Crippen LogP contribution < -0.4 is 0 Å². The lowest BCUT2D eigenvalue weighted by molar-refractivity contribution is 0.592. The van der Waals surface area contributed by atoms with E-state index in [1.807, 2.05) is 12.1 Å². The first kappa shape index (κ1) is 14.6. The van der Waals surface area contributed by atoms with Crippen LogP contribution >= 0.6 is 0 Å². The summed E-state index contributed by atoms with van der Waals surface area (Å²) in [5.41, 5.74) is 5.88. The number of hydrogen-bond donors (Lipinski definition) is 1. The van der Waals surface area contributed by atoms with Gasteiger partial charge in [0.1, 0.15) is 5.76 Å². The Morgan fingerprint density at radius 2 is 1.68 bits per heavy atom. The lowest BCUT2D eigenvalue weighted by Crippen LogP contribution is -1.86.